The number of aromatic carboxylic acids is 1. The van der Waals surface area contributed by atoms with Crippen LogP contribution < -0.4 is 5.32 Å². The Kier molecular flexibility index (Phi) is 5.19. The maximum absolute atomic E-state index is 11.9. The fourth-order valence-electron chi connectivity index (χ4n) is 1.41. The molecule has 110 valence electrons. The number of rotatable bonds is 6. The Balaban J connectivity index is 2.82. The van der Waals surface area contributed by atoms with Gasteiger partial charge in [-0.2, -0.15) is 13.2 Å². The van der Waals surface area contributed by atoms with Crippen molar-refractivity contribution in [1.82, 2.24) is 0 Å². The van der Waals surface area contributed by atoms with Gasteiger partial charge in [-0.15, -0.1) is 0 Å². The Labute approximate surface area is 115 Å². The number of nitrogens with zero attached hydrogens (tertiary/aromatic N) is 1. The van der Waals surface area contributed by atoms with Gasteiger partial charge in [0.1, 0.15) is 11.3 Å². The number of hydrogen-bond donors (Lipinski definition) is 2. The SMILES string of the molecule is O=C(O)c1cccc(NCCSC(F)(F)F)c1[N+](=O)[O-]. The van der Waals surface area contributed by atoms with Crippen LogP contribution in [-0.2, 0) is 0 Å². The molecule has 0 radical (unpaired) electrons. The molecular formula is C10H9F3N2O4S. The van der Waals surface area contributed by atoms with E-state index in [-0.39, 0.29) is 29.7 Å². The summed E-state index contributed by atoms with van der Waals surface area (Å²) in [6.07, 6.45) is 0. The molecule has 0 bridgehead atoms. The van der Waals surface area contributed by atoms with Crippen LogP contribution >= 0.6 is 11.8 Å². The van der Waals surface area contributed by atoms with Crippen molar-refractivity contribution in [3.8, 4) is 0 Å². The van der Waals surface area contributed by atoms with E-state index in [0.29, 0.717) is 0 Å². The minimum absolute atomic E-state index is 0.127. The van der Waals surface area contributed by atoms with Crippen LogP contribution in [0.3, 0.4) is 0 Å². The largest absolute Gasteiger partial charge is 0.477 e. The number of carboxylic acid groups (broad SMARTS) is 1. The Bertz CT molecular complexity index is 522. The van der Waals surface area contributed by atoms with Crippen molar-refractivity contribution >= 4 is 29.1 Å². The van der Waals surface area contributed by atoms with Gasteiger partial charge in [-0.25, -0.2) is 4.79 Å². The molecule has 1 aromatic rings. The van der Waals surface area contributed by atoms with Crippen LogP contribution in [0.2, 0.25) is 0 Å². The van der Waals surface area contributed by atoms with Crippen molar-refractivity contribution < 1.29 is 28.0 Å². The summed E-state index contributed by atoms with van der Waals surface area (Å²) >= 11 is -0.271. The van der Waals surface area contributed by atoms with Crippen molar-refractivity contribution in [3.05, 3.63) is 33.9 Å². The lowest BCUT2D eigenvalue weighted by molar-refractivity contribution is -0.384. The fourth-order valence-corrected chi connectivity index (χ4v) is 1.84. The first-order valence-electron chi connectivity index (χ1n) is 5.17. The molecule has 0 spiro atoms. The topological polar surface area (TPSA) is 92.5 Å². The van der Waals surface area contributed by atoms with Crippen molar-refractivity contribution in [2.45, 2.75) is 5.51 Å². The normalized spacial score (nSPS) is 11.2. The number of benzene rings is 1. The van der Waals surface area contributed by atoms with Crippen LogP contribution in [0.15, 0.2) is 18.2 Å². The van der Waals surface area contributed by atoms with Crippen LogP contribution in [0.5, 0.6) is 0 Å². The second kappa shape index (κ2) is 6.46. The van der Waals surface area contributed by atoms with Gasteiger partial charge in [-0.1, -0.05) is 6.07 Å². The highest BCUT2D eigenvalue weighted by Crippen LogP contribution is 2.31. The molecule has 0 aliphatic rings. The molecule has 0 unspecified atom stereocenters. The molecule has 0 heterocycles. The van der Waals surface area contributed by atoms with Gasteiger partial charge in [0.25, 0.3) is 0 Å². The molecule has 6 nitrogen and oxygen atoms in total. The van der Waals surface area contributed by atoms with Gasteiger partial charge in [0.2, 0.25) is 0 Å². The minimum Gasteiger partial charge on any atom is -0.477 e. The molecule has 1 rings (SSSR count). The van der Waals surface area contributed by atoms with Crippen molar-refractivity contribution in [2.24, 2.45) is 0 Å². The first kappa shape index (κ1) is 16.1. The van der Waals surface area contributed by atoms with Crippen molar-refractivity contribution in [2.75, 3.05) is 17.6 Å². The predicted molar refractivity (Wildman–Crippen MR) is 67.1 cm³/mol. The molecule has 2 N–H and O–H groups in total. The summed E-state index contributed by atoms with van der Waals surface area (Å²) in [4.78, 5) is 20.8. The van der Waals surface area contributed by atoms with E-state index >= 15 is 0 Å². The molecule has 0 saturated carbocycles. The number of carbonyl (C=O) groups is 1. The van der Waals surface area contributed by atoms with E-state index in [9.17, 15) is 28.1 Å². The van der Waals surface area contributed by atoms with E-state index in [0.717, 1.165) is 6.07 Å². The predicted octanol–water partition coefficient (Wildman–Crippen LogP) is 2.96. The lowest BCUT2D eigenvalue weighted by atomic mass is 10.1. The third-order valence-corrected chi connectivity index (χ3v) is 2.87. The molecule has 0 amide bonds. The average Bonchev–Trinajstić information content (AvgIpc) is 2.32. The quantitative estimate of drug-likeness (QED) is 0.477. The molecule has 0 aliphatic carbocycles. The smallest absolute Gasteiger partial charge is 0.441 e. The monoisotopic (exact) mass is 310 g/mol. The second-order valence-electron chi connectivity index (χ2n) is 3.48. The maximum Gasteiger partial charge on any atom is 0.441 e. The van der Waals surface area contributed by atoms with E-state index < -0.39 is 27.7 Å². The van der Waals surface area contributed by atoms with E-state index in [1.165, 1.54) is 12.1 Å². The van der Waals surface area contributed by atoms with Gasteiger partial charge >= 0.3 is 17.2 Å². The molecule has 0 atom stereocenters. The third-order valence-electron chi connectivity index (χ3n) is 2.13. The average molecular weight is 310 g/mol. The molecule has 10 heteroatoms. The highest BCUT2D eigenvalue weighted by molar-refractivity contribution is 8.00. The van der Waals surface area contributed by atoms with Gasteiger partial charge in [0.05, 0.1) is 4.92 Å². The van der Waals surface area contributed by atoms with E-state index in [1.54, 1.807) is 0 Å². The molecule has 20 heavy (non-hydrogen) atoms. The molecule has 0 aromatic heterocycles. The number of carboxylic acids is 1. The van der Waals surface area contributed by atoms with Crippen molar-refractivity contribution in [1.29, 1.82) is 0 Å². The summed E-state index contributed by atoms with van der Waals surface area (Å²) in [5, 5.41) is 22.1. The Hall–Kier alpha value is -1.97. The third kappa shape index (κ3) is 4.61. The van der Waals surface area contributed by atoms with Crippen LogP contribution in [0.25, 0.3) is 0 Å². The van der Waals surface area contributed by atoms with Gasteiger partial charge in [-0.3, -0.25) is 10.1 Å². The second-order valence-corrected chi connectivity index (χ2v) is 4.64. The Morgan fingerprint density at radius 2 is 2.10 bits per heavy atom. The number of halogens is 3. The maximum atomic E-state index is 11.9. The minimum atomic E-state index is -4.38. The van der Waals surface area contributed by atoms with E-state index in [4.69, 9.17) is 5.11 Å². The summed E-state index contributed by atoms with van der Waals surface area (Å²) in [5.74, 6) is -1.83. The van der Waals surface area contributed by atoms with Gasteiger partial charge in [0, 0.05) is 12.3 Å². The number of para-hydroxylation sites is 1. The Morgan fingerprint density at radius 3 is 2.60 bits per heavy atom. The summed E-state index contributed by atoms with van der Waals surface area (Å²) in [6, 6.07) is 3.56. The number of nitro groups is 1. The van der Waals surface area contributed by atoms with E-state index in [2.05, 4.69) is 5.32 Å². The van der Waals surface area contributed by atoms with Crippen molar-refractivity contribution in [3.63, 3.8) is 0 Å². The number of anilines is 1. The van der Waals surface area contributed by atoms with Crippen LogP contribution in [0.1, 0.15) is 10.4 Å². The summed E-state index contributed by atoms with van der Waals surface area (Å²) < 4.78 is 35.7. The number of hydrogen-bond acceptors (Lipinski definition) is 5. The molecular weight excluding hydrogens is 301 g/mol. The lowest BCUT2D eigenvalue weighted by Crippen LogP contribution is -2.12. The fraction of sp³-hybridized carbons (Fsp3) is 0.300. The van der Waals surface area contributed by atoms with E-state index in [1.807, 2.05) is 0 Å². The summed E-state index contributed by atoms with van der Waals surface area (Å²) in [5.41, 5.74) is -5.70. The zero-order valence-corrected chi connectivity index (χ0v) is 10.6. The van der Waals surface area contributed by atoms with Crippen LogP contribution in [0, 0.1) is 10.1 Å². The standard InChI is InChI=1S/C10H9F3N2O4S/c11-10(12,13)20-5-4-14-7-3-1-2-6(9(16)17)8(7)15(18)19/h1-3,14H,4-5H2,(H,16,17). The molecule has 0 fully saturated rings. The van der Waals surface area contributed by atoms with Crippen LogP contribution in [-0.4, -0.2) is 33.8 Å². The highest BCUT2D eigenvalue weighted by Gasteiger charge is 2.28. The zero-order valence-electron chi connectivity index (χ0n) is 9.81. The Morgan fingerprint density at radius 1 is 1.45 bits per heavy atom. The number of thioether (sulfide) groups is 1. The van der Waals surface area contributed by atoms with Gasteiger partial charge in [0.15, 0.2) is 0 Å². The zero-order chi connectivity index (χ0) is 15.3. The van der Waals surface area contributed by atoms with Crippen LogP contribution in [0.4, 0.5) is 24.5 Å². The molecule has 0 aliphatic heterocycles. The summed E-state index contributed by atoms with van der Waals surface area (Å²) in [7, 11) is 0. The number of alkyl halides is 3. The highest BCUT2D eigenvalue weighted by atomic mass is 32.2. The van der Waals surface area contributed by atoms with Gasteiger partial charge in [-0.05, 0) is 23.9 Å². The molecule has 0 saturated heterocycles. The molecule has 1 aromatic carbocycles. The summed E-state index contributed by atoms with van der Waals surface area (Å²) in [6.45, 7) is -0.186. The number of nitro benzene ring substituents is 1. The lowest BCUT2D eigenvalue weighted by Gasteiger charge is -2.09. The first-order chi connectivity index (χ1) is 9.22. The number of nitrogens with one attached hydrogen (secondary N) is 1. The first-order valence-corrected chi connectivity index (χ1v) is 6.16. The van der Waals surface area contributed by atoms with Gasteiger partial charge < -0.3 is 10.4 Å².